The van der Waals surface area contributed by atoms with Crippen LogP contribution in [0.25, 0.3) is 0 Å². The fraction of sp³-hybridized carbons (Fsp3) is 0.611. The van der Waals surface area contributed by atoms with Gasteiger partial charge in [-0.1, -0.05) is 6.42 Å². The summed E-state index contributed by atoms with van der Waals surface area (Å²) in [5, 5.41) is 10.9. The van der Waals surface area contributed by atoms with Crippen molar-refractivity contribution < 1.29 is 13.2 Å². The number of sulfonamides is 1. The first-order valence-electron chi connectivity index (χ1n) is 9.20. The monoisotopic (exact) mass is 391 g/mol. The minimum atomic E-state index is -3.56. The quantitative estimate of drug-likeness (QED) is 0.686. The van der Waals surface area contributed by atoms with Crippen LogP contribution in [-0.4, -0.2) is 48.5 Å². The summed E-state index contributed by atoms with van der Waals surface area (Å²) in [5.41, 5.74) is -0.135. The van der Waals surface area contributed by atoms with Crippen molar-refractivity contribution >= 4 is 15.9 Å². The van der Waals surface area contributed by atoms with Crippen LogP contribution in [0.5, 0.6) is 0 Å². The Labute approximate surface area is 160 Å². The molecule has 1 N–H and O–H groups in total. The van der Waals surface area contributed by atoms with Crippen LogP contribution in [0.4, 0.5) is 0 Å². The number of aromatic nitrogens is 1. The topological polar surface area (TPSA) is 96.1 Å². The fourth-order valence-electron chi connectivity index (χ4n) is 3.29. The van der Waals surface area contributed by atoms with E-state index in [1.807, 2.05) is 0 Å². The fourth-order valence-corrected chi connectivity index (χ4v) is 4.88. The summed E-state index contributed by atoms with van der Waals surface area (Å²) in [5.74, 6) is 2.25. The van der Waals surface area contributed by atoms with Gasteiger partial charge in [0.15, 0.2) is 5.66 Å². The second-order valence-electron chi connectivity index (χ2n) is 7.03. The molecule has 0 spiro atoms. The standard InChI is InChI=1S/C18H25N5O3S/c1-3-4-8-18(20-21-18)9-10-19-17(24)16-13-15(14-22(16)2)27(25,26)23-11-6-5-7-12-23/h1,13-14H,4-12H2,2H3,(H,19,24). The first-order valence-corrected chi connectivity index (χ1v) is 10.6. The Bertz CT molecular complexity index is 869. The summed E-state index contributed by atoms with van der Waals surface area (Å²) < 4.78 is 28.6. The Kier molecular flexibility index (Phi) is 5.67. The molecule has 27 heavy (non-hydrogen) atoms. The maximum atomic E-state index is 12.8. The van der Waals surface area contributed by atoms with Gasteiger partial charge in [0.05, 0.1) is 0 Å². The van der Waals surface area contributed by atoms with E-state index in [1.54, 1.807) is 11.6 Å². The molecule has 0 radical (unpaired) electrons. The maximum Gasteiger partial charge on any atom is 0.267 e. The predicted molar refractivity (Wildman–Crippen MR) is 101 cm³/mol. The smallest absolute Gasteiger partial charge is 0.267 e. The van der Waals surface area contributed by atoms with Gasteiger partial charge < -0.3 is 9.88 Å². The number of nitrogens with zero attached hydrogens (tertiary/aromatic N) is 4. The second kappa shape index (κ2) is 7.82. The average Bonchev–Trinajstić information content (AvgIpc) is 3.32. The molecule has 1 aromatic rings. The summed E-state index contributed by atoms with van der Waals surface area (Å²) in [4.78, 5) is 12.6. The zero-order chi connectivity index (χ0) is 19.5. The van der Waals surface area contributed by atoms with Crippen molar-refractivity contribution in [2.45, 2.75) is 49.1 Å². The Morgan fingerprint density at radius 1 is 1.30 bits per heavy atom. The molecule has 2 aliphatic heterocycles. The normalized spacial score (nSPS) is 18.8. The van der Waals surface area contributed by atoms with Crippen molar-refractivity contribution in [1.29, 1.82) is 0 Å². The van der Waals surface area contributed by atoms with Gasteiger partial charge in [-0.2, -0.15) is 14.5 Å². The number of carbonyl (C=O) groups excluding carboxylic acids is 1. The van der Waals surface area contributed by atoms with Gasteiger partial charge in [0.1, 0.15) is 10.6 Å². The molecule has 1 amide bonds. The first kappa shape index (κ1) is 19.6. The summed E-state index contributed by atoms with van der Waals surface area (Å²) in [6, 6.07) is 1.44. The van der Waals surface area contributed by atoms with E-state index in [9.17, 15) is 13.2 Å². The third kappa shape index (κ3) is 4.39. The largest absolute Gasteiger partial charge is 0.351 e. The number of amides is 1. The number of hydrogen-bond acceptors (Lipinski definition) is 5. The van der Waals surface area contributed by atoms with E-state index in [0.717, 1.165) is 19.3 Å². The number of piperidine rings is 1. The van der Waals surface area contributed by atoms with Crippen LogP contribution < -0.4 is 5.32 Å². The molecule has 1 saturated heterocycles. The Morgan fingerprint density at radius 3 is 2.63 bits per heavy atom. The van der Waals surface area contributed by atoms with Crippen LogP contribution >= 0.6 is 0 Å². The highest BCUT2D eigenvalue weighted by Crippen LogP contribution is 2.36. The molecule has 0 saturated carbocycles. The zero-order valence-corrected chi connectivity index (χ0v) is 16.3. The van der Waals surface area contributed by atoms with Gasteiger partial charge in [0.25, 0.3) is 5.91 Å². The van der Waals surface area contributed by atoms with Crippen LogP contribution in [0, 0.1) is 12.3 Å². The molecule has 2 aliphatic rings. The summed E-state index contributed by atoms with van der Waals surface area (Å²) in [7, 11) is -1.89. The van der Waals surface area contributed by atoms with Crippen LogP contribution in [0.2, 0.25) is 0 Å². The molecule has 146 valence electrons. The lowest BCUT2D eigenvalue weighted by Gasteiger charge is -2.25. The molecule has 3 rings (SSSR count). The minimum absolute atomic E-state index is 0.162. The van der Waals surface area contributed by atoms with Crippen LogP contribution in [0.3, 0.4) is 0 Å². The SMILES string of the molecule is C#CCCC1(CCNC(=O)c2cc(S(=O)(=O)N3CCCCC3)cn2C)N=N1. The number of rotatable bonds is 8. The Balaban J connectivity index is 1.60. The molecule has 1 fully saturated rings. The summed E-state index contributed by atoms with van der Waals surface area (Å²) >= 11 is 0. The van der Waals surface area contributed by atoms with E-state index in [1.165, 1.54) is 16.6 Å². The molecule has 0 unspecified atom stereocenters. The predicted octanol–water partition coefficient (Wildman–Crippen LogP) is 1.90. The molecule has 0 aliphatic carbocycles. The molecule has 8 nitrogen and oxygen atoms in total. The van der Waals surface area contributed by atoms with Crippen molar-refractivity contribution in [2.24, 2.45) is 17.3 Å². The number of aryl methyl sites for hydroxylation is 1. The summed E-state index contributed by atoms with van der Waals surface area (Å²) in [6.45, 7) is 1.47. The number of nitrogens with one attached hydrogen (secondary N) is 1. The lowest BCUT2D eigenvalue weighted by Crippen LogP contribution is -2.35. The maximum absolute atomic E-state index is 12.8. The molecule has 0 bridgehead atoms. The highest BCUT2D eigenvalue weighted by Gasteiger charge is 2.38. The molecule has 0 aromatic carbocycles. The zero-order valence-electron chi connectivity index (χ0n) is 15.5. The van der Waals surface area contributed by atoms with Gasteiger partial charge in [-0.15, -0.1) is 12.3 Å². The number of hydrogen-bond donors (Lipinski definition) is 1. The van der Waals surface area contributed by atoms with Crippen molar-refractivity contribution in [3.05, 3.63) is 18.0 Å². The van der Waals surface area contributed by atoms with E-state index in [-0.39, 0.29) is 10.8 Å². The van der Waals surface area contributed by atoms with E-state index in [4.69, 9.17) is 6.42 Å². The van der Waals surface area contributed by atoms with E-state index < -0.39 is 15.7 Å². The number of carbonyl (C=O) groups is 1. The van der Waals surface area contributed by atoms with Gasteiger partial charge >= 0.3 is 0 Å². The molecule has 3 heterocycles. The van der Waals surface area contributed by atoms with Gasteiger partial charge in [-0.3, -0.25) is 4.79 Å². The van der Waals surface area contributed by atoms with Gasteiger partial charge in [-0.05, 0) is 18.9 Å². The highest BCUT2D eigenvalue weighted by molar-refractivity contribution is 7.89. The third-order valence-corrected chi connectivity index (χ3v) is 6.89. The van der Waals surface area contributed by atoms with Crippen molar-refractivity contribution in [1.82, 2.24) is 14.2 Å². The van der Waals surface area contributed by atoms with Crippen molar-refractivity contribution in [2.75, 3.05) is 19.6 Å². The van der Waals surface area contributed by atoms with E-state index >= 15 is 0 Å². The van der Waals surface area contributed by atoms with Crippen LogP contribution in [-0.2, 0) is 17.1 Å². The Hall–Kier alpha value is -2.18. The van der Waals surface area contributed by atoms with Gasteiger partial charge in [0, 0.05) is 52.1 Å². The van der Waals surface area contributed by atoms with Crippen LogP contribution in [0.1, 0.15) is 49.0 Å². The molecule has 0 atom stereocenters. The average molecular weight is 391 g/mol. The molecule has 1 aromatic heterocycles. The summed E-state index contributed by atoms with van der Waals surface area (Å²) in [6.07, 6.45) is 11.4. The van der Waals surface area contributed by atoms with Gasteiger partial charge in [-0.25, -0.2) is 8.42 Å². The van der Waals surface area contributed by atoms with Crippen molar-refractivity contribution in [3.63, 3.8) is 0 Å². The second-order valence-corrected chi connectivity index (χ2v) is 8.97. The van der Waals surface area contributed by atoms with Crippen LogP contribution in [0.15, 0.2) is 27.4 Å². The van der Waals surface area contributed by atoms with E-state index in [0.29, 0.717) is 44.6 Å². The molecule has 9 heteroatoms. The first-order chi connectivity index (χ1) is 12.9. The minimum Gasteiger partial charge on any atom is -0.351 e. The molecular weight excluding hydrogens is 366 g/mol. The Morgan fingerprint density at radius 2 is 2.00 bits per heavy atom. The van der Waals surface area contributed by atoms with Gasteiger partial charge in [0.2, 0.25) is 10.0 Å². The molecular formula is C18H25N5O3S. The third-order valence-electron chi connectivity index (χ3n) is 5.03. The highest BCUT2D eigenvalue weighted by atomic mass is 32.2. The lowest BCUT2D eigenvalue weighted by molar-refractivity contribution is 0.0943. The van der Waals surface area contributed by atoms with E-state index in [2.05, 4.69) is 21.5 Å². The number of terminal acetylenes is 1. The lowest BCUT2D eigenvalue weighted by atomic mass is 10.0. The van der Waals surface area contributed by atoms with Crippen molar-refractivity contribution in [3.8, 4) is 12.3 Å².